The molecule has 2 nitrogen and oxygen atoms in total. The second kappa shape index (κ2) is 5.71. The molecule has 0 amide bonds. The van der Waals surface area contributed by atoms with Crippen molar-refractivity contribution < 1.29 is 13.9 Å². The summed E-state index contributed by atoms with van der Waals surface area (Å²) in [5.74, 6) is -0.0347. The lowest BCUT2D eigenvalue weighted by Gasteiger charge is -2.10. The molecule has 1 aromatic carbocycles. The standard InChI is InChI=1S/C12H17FO2/c1-9(2)14-6-7-15-12-8-10(3)4-5-11(12)13/h4-5,8-9H,6-7H2,1-3H3. The minimum atomic E-state index is -0.329. The van der Waals surface area contributed by atoms with E-state index in [9.17, 15) is 4.39 Å². The van der Waals surface area contributed by atoms with Gasteiger partial charge in [0.25, 0.3) is 0 Å². The van der Waals surface area contributed by atoms with Gasteiger partial charge in [0.2, 0.25) is 0 Å². The number of benzene rings is 1. The van der Waals surface area contributed by atoms with Crippen LogP contribution in [0.2, 0.25) is 0 Å². The van der Waals surface area contributed by atoms with Crippen LogP contribution in [0.1, 0.15) is 19.4 Å². The number of rotatable bonds is 5. The number of ether oxygens (including phenoxy) is 2. The van der Waals surface area contributed by atoms with E-state index in [4.69, 9.17) is 9.47 Å². The highest BCUT2D eigenvalue weighted by atomic mass is 19.1. The van der Waals surface area contributed by atoms with Crippen molar-refractivity contribution in [3.8, 4) is 5.75 Å². The van der Waals surface area contributed by atoms with Crippen LogP contribution in [0, 0.1) is 12.7 Å². The molecule has 3 heteroatoms. The average molecular weight is 212 g/mol. The van der Waals surface area contributed by atoms with Gasteiger partial charge in [0, 0.05) is 0 Å². The van der Waals surface area contributed by atoms with Crippen molar-refractivity contribution in [1.29, 1.82) is 0 Å². The van der Waals surface area contributed by atoms with Crippen LogP contribution in [-0.4, -0.2) is 19.3 Å². The van der Waals surface area contributed by atoms with Crippen molar-refractivity contribution in [2.24, 2.45) is 0 Å². The summed E-state index contributed by atoms with van der Waals surface area (Å²) in [4.78, 5) is 0. The van der Waals surface area contributed by atoms with E-state index >= 15 is 0 Å². The highest BCUT2D eigenvalue weighted by Crippen LogP contribution is 2.17. The van der Waals surface area contributed by atoms with Crippen LogP contribution in [0.25, 0.3) is 0 Å². The van der Waals surface area contributed by atoms with Gasteiger partial charge in [0.05, 0.1) is 12.7 Å². The smallest absolute Gasteiger partial charge is 0.165 e. The molecule has 0 atom stereocenters. The van der Waals surface area contributed by atoms with Crippen LogP contribution in [0.15, 0.2) is 18.2 Å². The zero-order valence-corrected chi connectivity index (χ0v) is 9.42. The van der Waals surface area contributed by atoms with Crippen LogP contribution in [-0.2, 0) is 4.74 Å². The lowest BCUT2D eigenvalue weighted by Crippen LogP contribution is -2.11. The summed E-state index contributed by atoms with van der Waals surface area (Å²) in [6.07, 6.45) is 0.177. The Morgan fingerprint density at radius 1 is 1.27 bits per heavy atom. The lowest BCUT2D eigenvalue weighted by atomic mass is 10.2. The first kappa shape index (κ1) is 12.0. The highest BCUT2D eigenvalue weighted by Gasteiger charge is 2.03. The van der Waals surface area contributed by atoms with E-state index in [1.54, 1.807) is 12.1 Å². The van der Waals surface area contributed by atoms with Gasteiger partial charge in [-0.15, -0.1) is 0 Å². The van der Waals surface area contributed by atoms with Gasteiger partial charge in [-0.2, -0.15) is 0 Å². The molecule has 0 saturated carbocycles. The van der Waals surface area contributed by atoms with Crippen LogP contribution in [0.4, 0.5) is 4.39 Å². The lowest BCUT2D eigenvalue weighted by molar-refractivity contribution is 0.0544. The Morgan fingerprint density at radius 3 is 2.67 bits per heavy atom. The molecule has 0 fully saturated rings. The van der Waals surface area contributed by atoms with E-state index in [2.05, 4.69) is 0 Å². The molecular weight excluding hydrogens is 195 g/mol. The summed E-state index contributed by atoms with van der Waals surface area (Å²) in [5.41, 5.74) is 0.983. The molecule has 15 heavy (non-hydrogen) atoms. The first-order valence-corrected chi connectivity index (χ1v) is 5.10. The molecule has 0 heterocycles. The number of aryl methyl sites for hydroxylation is 1. The monoisotopic (exact) mass is 212 g/mol. The van der Waals surface area contributed by atoms with Crippen LogP contribution in [0.5, 0.6) is 5.75 Å². The maximum atomic E-state index is 13.2. The molecule has 0 bridgehead atoms. The molecule has 0 radical (unpaired) electrons. The molecule has 0 aromatic heterocycles. The average Bonchev–Trinajstić information content (AvgIpc) is 2.17. The van der Waals surface area contributed by atoms with Gasteiger partial charge in [0.1, 0.15) is 6.61 Å². The first-order valence-electron chi connectivity index (χ1n) is 5.10. The van der Waals surface area contributed by atoms with E-state index in [-0.39, 0.29) is 11.9 Å². The van der Waals surface area contributed by atoms with E-state index in [0.717, 1.165) is 5.56 Å². The quantitative estimate of drug-likeness (QED) is 0.699. The molecule has 1 rings (SSSR count). The fraction of sp³-hybridized carbons (Fsp3) is 0.500. The van der Waals surface area contributed by atoms with Crippen LogP contribution in [0.3, 0.4) is 0 Å². The van der Waals surface area contributed by atoms with Gasteiger partial charge in [-0.05, 0) is 38.5 Å². The summed E-state index contributed by atoms with van der Waals surface area (Å²) in [6, 6.07) is 4.81. The third-order valence-corrected chi connectivity index (χ3v) is 1.88. The molecule has 0 aliphatic carbocycles. The van der Waals surface area contributed by atoms with Gasteiger partial charge >= 0.3 is 0 Å². The molecule has 0 spiro atoms. The largest absolute Gasteiger partial charge is 0.488 e. The third kappa shape index (κ3) is 4.30. The SMILES string of the molecule is Cc1ccc(F)c(OCCOC(C)C)c1. The molecule has 0 N–H and O–H groups in total. The van der Waals surface area contributed by atoms with E-state index in [1.807, 2.05) is 20.8 Å². The predicted octanol–water partition coefficient (Wildman–Crippen LogP) is 2.94. The van der Waals surface area contributed by atoms with Crippen molar-refractivity contribution in [3.05, 3.63) is 29.6 Å². The van der Waals surface area contributed by atoms with E-state index in [1.165, 1.54) is 6.07 Å². The molecule has 0 saturated heterocycles. The summed E-state index contributed by atoms with van der Waals surface area (Å²) in [5, 5.41) is 0. The summed E-state index contributed by atoms with van der Waals surface area (Å²) >= 11 is 0. The maximum absolute atomic E-state index is 13.2. The summed E-state index contributed by atoms with van der Waals surface area (Å²) in [6.45, 7) is 6.65. The number of hydrogen-bond donors (Lipinski definition) is 0. The normalized spacial score (nSPS) is 10.7. The molecular formula is C12H17FO2. The molecule has 0 unspecified atom stereocenters. The second-order valence-corrected chi connectivity index (χ2v) is 3.70. The van der Waals surface area contributed by atoms with Crippen molar-refractivity contribution in [1.82, 2.24) is 0 Å². The molecule has 84 valence electrons. The summed E-state index contributed by atoms with van der Waals surface area (Å²) < 4.78 is 23.7. The predicted molar refractivity (Wildman–Crippen MR) is 57.7 cm³/mol. The van der Waals surface area contributed by atoms with Crippen molar-refractivity contribution in [2.75, 3.05) is 13.2 Å². The number of hydrogen-bond acceptors (Lipinski definition) is 2. The zero-order valence-electron chi connectivity index (χ0n) is 9.42. The fourth-order valence-corrected chi connectivity index (χ4v) is 1.16. The fourth-order valence-electron chi connectivity index (χ4n) is 1.16. The molecule has 1 aromatic rings. The van der Waals surface area contributed by atoms with Gasteiger partial charge in [-0.25, -0.2) is 4.39 Å². The Kier molecular flexibility index (Phi) is 4.56. The second-order valence-electron chi connectivity index (χ2n) is 3.70. The molecule has 0 aliphatic rings. The number of halogens is 1. The molecule has 0 aliphatic heterocycles. The Bertz CT molecular complexity index is 310. The maximum Gasteiger partial charge on any atom is 0.165 e. The Hall–Kier alpha value is -1.09. The van der Waals surface area contributed by atoms with Crippen molar-refractivity contribution in [2.45, 2.75) is 26.9 Å². The minimum absolute atomic E-state index is 0.177. The third-order valence-electron chi connectivity index (χ3n) is 1.88. The minimum Gasteiger partial charge on any atom is -0.488 e. The van der Waals surface area contributed by atoms with Crippen LogP contribution < -0.4 is 4.74 Å². The Morgan fingerprint density at radius 2 is 2.00 bits per heavy atom. The van der Waals surface area contributed by atoms with Gasteiger partial charge in [-0.1, -0.05) is 6.07 Å². The Labute approximate surface area is 90.0 Å². The van der Waals surface area contributed by atoms with Crippen molar-refractivity contribution in [3.63, 3.8) is 0 Å². The van der Waals surface area contributed by atoms with Gasteiger partial charge in [-0.3, -0.25) is 0 Å². The van der Waals surface area contributed by atoms with E-state index < -0.39 is 0 Å². The van der Waals surface area contributed by atoms with Crippen molar-refractivity contribution >= 4 is 0 Å². The summed E-state index contributed by atoms with van der Waals surface area (Å²) in [7, 11) is 0. The van der Waals surface area contributed by atoms with Gasteiger partial charge in [0.15, 0.2) is 11.6 Å². The van der Waals surface area contributed by atoms with E-state index in [0.29, 0.717) is 19.0 Å². The Balaban J connectivity index is 2.40. The topological polar surface area (TPSA) is 18.5 Å². The zero-order chi connectivity index (χ0) is 11.3. The highest BCUT2D eigenvalue weighted by molar-refractivity contribution is 5.29. The van der Waals surface area contributed by atoms with Crippen LogP contribution >= 0.6 is 0 Å². The van der Waals surface area contributed by atoms with Gasteiger partial charge < -0.3 is 9.47 Å². The first-order chi connectivity index (χ1) is 7.09.